The number of piperazine rings is 1. The number of hydrogen-bond acceptors (Lipinski definition) is 4. The quantitative estimate of drug-likeness (QED) is 0.816. The Kier molecular flexibility index (Phi) is 3.86. The van der Waals surface area contributed by atoms with Gasteiger partial charge in [0.25, 0.3) is 0 Å². The van der Waals surface area contributed by atoms with E-state index in [-0.39, 0.29) is 0 Å². The van der Waals surface area contributed by atoms with Crippen molar-refractivity contribution in [2.75, 3.05) is 37.6 Å². The molecule has 3 N–H and O–H groups in total. The van der Waals surface area contributed by atoms with Gasteiger partial charge in [-0.3, -0.25) is 4.90 Å². The van der Waals surface area contributed by atoms with Gasteiger partial charge in [0, 0.05) is 44.5 Å². The zero-order valence-electron chi connectivity index (χ0n) is 10.3. The predicted octanol–water partition coefficient (Wildman–Crippen LogP) is 0.861. The Balaban J connectivity index is 1.93. The topological polar surface area (TPSA) is 52.7 Å². The van der Waals surface area contributed by atoms with Crippen LogP contribution in [-0.4, -0.2) is 48.8 Å². The minimum atomic E-state index is 0.323. The molecule has 2 rings (SSSR count). The van der Waals surface area contributed by atoms with Crippen LogP contribution in [0.2, 0.25) is 0 Å². The third kappa shape index (κ3) is 2.90. The Labute approximate surface area is 103 Å². The van der Waals surface area contributed by atoms with Crippen LogP contribution in [0.5, 0.6) is 5.75 Å². The molecule has 0 saturated carbocycles. The van der Waals surface area contributed by atoms with Gasteiger partial charge in [-0.15, -0.1) is 0 Å². The van der Waals surface area contributed by atoms with Crippen molar-refractivity contribution < 1.29 is 5.11 Å². The van der Waals surface area contributed by atoms with Gasteiger partial charge in [0.15, 0.2) is 0 Å². The maximum Gasteiger partial charge on any atom is 0.115 e. The van der Waals surface area contributed by atoms with Crippen LogP contribution >= 0.6 is 0 Å². The largest absolute Gasteiger partial charge is 0.508 e. The maximum atomic E-state index is 9.26. The Hall–Kier alpha value is -1.26. The van der Waals surface area contributed by atoms with E-state index in [1.165, 1.54) is 5.69 Å². The van der Waals surface area contributed by atoms with Crippen LogP contribution < -0.4 is 10.6 Å². The zero-order valence-corrected chi connectivity index (χ0v) is 10.3. The third-order valence-electron chi connectivity index (χ3n) is 3.49. The smallest absolute Gasteiger partial charge is 0.115 e. The number of phenolic OH excluding ortho intramolecular Hbond substituents is 1. The molecule has 1 saturated heterocycles. The molecular formula is C13H21N3O. The maximum absolute atomic E-state index is 9.26. The Morgan fingerprint density at radius 2 is 1.76 bits per heavy atom. The van der Waals surface area contributed by atoms with Gasteiger partial charge in [0.05, 0.1) is 0 Å². The van der Waals surface area contributed by atoms with Crippen molar-refractivity contribution in [3.8, 4) is 5.75 Å². The number of anilines is 1. The van der Waals surface area contributed by atoms with E-state index < -0.39 is 0 Å². The molecule has 94 valence electrons. The number of nitrogens with zero attached hydrogens (tertiary/aromatic N) is 2. The lowest BCUT2D eigenvalue weighted by Crippen LogP contribution is -2.51. The standard InChI is InChI=1S/C13H21N3O/c1-11(10-14)15-6-8-16(9-7-15)12-2-4-13(17)5-3-12/h2-5,11,17H,6-10,14H2,1H3. The summed E-state index contributed by atoms with van der Waals surface area (Å²) in [6.07, 6.45) is 0. The SMILES string of the molecule is CC(CN)N1CCN(c2ccc(O)cc2)CC1. The highest BCUT2D eigenvalue weighted by Gasteiger charge is 2.20. The first-order chi connectivity index (χ1) is 8.20. The van der Waals surface area contributed by atoms with Crippen LogP contribution in [-0.2, 0) is 0 Å². The summed E-state index contributed by atoms with van der Waals surface area (Å²) in [5.74, 6) is 0.323. The molecule has 1 unspecified atom stereocenters. The first-order valence-corrected chi connectivity index (χ1v) is 6.19. The van der Waals surface area contributed by atoms with Crippen molar-refractivity contribution in [1.82, 2.24) is 4.90 Å². The Bertz CT molecular complexity index is 344. The van der Waals surface area contributed by atoms with Gasteiger partial charge < -0.3 is 15.7 Å². The first-order valence-electron chi connectivity index (χ1n) is 6.19. The molecule has 1 aliphatic rings. The Morgan fingerprint density at radius 1 is 1.18 bits per heavy atom. The first kappa shape index (κ1) is 12.2. The van der Waals surface area contributed by atoms with E-state index in [1.807, 2.05) is 12.1 Å². The molecule has 1 atom stereocenters. The summed E-state index contributed by atoms with van der Waals surface area (Å²) in [7, 11) is 0. The molecule has 0 aromatic heterocycles. The van der Waals surface area contributed by atoms with Crippen molar-refractivity contribution >= 4 is 5.69 Å². The second-order valence-electron chi connectivity index (χ2n) is 4.62. The van der Waals surface area contributed by atoms with Gasteiger partial charge in [-0.2, -0.15) is 0 Å². The third-order valence-corrected chi connectivity index (χ3v) is 3.49. The van der Waals surface area contributed by atoms with Crippen molar-refractivity contribution in [3.63, 3.8) is 0 Å². The number of aromatic hydroxyl groups is 1. The van der Waals surface area contributed by atoms with Gasteiger partial charge in [0.2, 0.25) is 0 Å². The molecule has 1 fully saturated rings. The molecule has 0 aliphatic carbocycles. The minimum Gasteiger partial charge on any atom is -0.508 e. The fourth-order valence-corrected chi connectivity index (χ4v) is 2.23. The predicted molar refractivity (Wildman–Crippen MR) is 70.4 cm³/mol. The van der Waals surface area contributed by atoms with Crippen molar-refractivity contribution in [2.24, 2.45) is 5.73 Å². The van der Waals surface area contributed by atoms with Gasteiger partial charge in [-0.05, 0) is 31.2 Å². The molecule has 1 heterocycles. The normalized spacial score (nSPS) is 19.3. The summed E-state index contributed by atoms with van der Waals surface area (Å²) in [6, 6.07) is 7.89. The molecule has 0 amide bonds. The van der Waals surface area contributed by atoms with Crippen molar-refractivity contribution in [2.45, 2.75) is 13.0 Å². The van der Waals surface area contributed by atoms with Crippen LogP contribution in [0.3, 0.4) is 0 Å². The molecule has 0 bridgehead atoms. The highest BCUT2D eigenvalue weighted by atomic mass is 16.3. The van der Waals surface area contributed by atoms with Crippen molar-refractivity contribution in [3.05, 3.63) is 24.3 Å². The summed E-state index contributed by atoms with van der Waals surface area (Å²) in [5.41, 5.74) is 6.87. The highest BCUT2D eigenvalue weighted by molar-refractivity contribution is 5.49. The van der Waals surface area contributed by atoms with Gasteiger partial charge >= 0.3 is 0 Å². The summed E-state index contributed by atoms with van der Waals surface area (Å²) >= 11 is 0. The van der Waals surface area contributed by atoms with Crippen LogP contribution in [0.1, 0.15) is 6.92 Å². The number of rotatable bonds is 3. The molecule has 0 spiro atoms. The average Bonchev–Trinajstić information content (AvgIpc) is 2.39. The van der Waals surface area contributed by atoms with E-state index in [1.54, 1.807) is 12.1 Å². The number of benzene rings is 1. The van der Waals surface area contributed by atoms with Crippen LogP contribution in [0.15, 0.2) is 24.3 Å². The number of hydrogen-bond donors (Lipinski definition) is 2. The fourth-order valence-electron chi connectivity index (χ4n) is 2.23. The summed E-state index contributed by atoms with van der Waals surface area (Å²) in [4.78, 5) is 4.77. The molecule has 1 aromatic carbocycles. The van der Waals surface area contributed by atoms with Gasteiger partial charge in [0.1, 0.15) is 5.75 Å². The molecule has 4 heteroatoms. The molecule has 1 aromatic rings. The average molecular weight is 235 g/mol. The lowest BCUT2D eigenvalue weighted by Gasteiger charge is -2.38. The van der Waals surface area contributed by atoms with Crippen molar-refractivity contribution in [1.29, 1.82) is 0 Å². The summed E-state index contributed by atoms with van der Waals surface area (Å²) in [6.45, 7) is 7.05. The second-order valence-corrected chi connectivity index (χ2v) is 4.62. The van der Waals surface area contributed by atoms with E-state index in [4.69, 9.17) is 5.73 Å². The minimum absolute atomic E-state index is 0.323. The second kappa shape index (κ2) is 5.38. The molecule has 17 heavy (non-hydrogen) atoms. The van der Waals surface area contributed by atoms with E-state index in [9.17, 15) is 5.11 Å². The fraction of sp³-hybridized carbons (Fsp3) is 0.538. The monoisotopic (exact) mass is 235 g/mol. The van der Waals surface area contributed by atoms with Gasteiger partial charge in [-0.25, -0.2) is 0 Å². The van der Waals surface area contributed by atoms with E-state index in [2.05, 4.69) is 16.7 Å². The molecular weight excluding hydrogens is 214 g/mol. The molecule has 1 aliphatic heterocycles. The number of phenols is 1. The zero-order chi connectivity index (χ0) is 12.3. The lowest BCUT2D eigenvalue weighted by atomic mass is 10.2. The summed E-state index contributed by atoms with van der Waals surface area (Å²) < 4.78 is 0. The lowest BCUT2D eigenvalue weighted by molar-refractivity contribution is 0.201. The highest BCUT2D eigenvalue weighted by Crippen LogP contribution is 2.20. The summed E-state index contributed by atoms with van der Waals surface area (Å²) in [5, 5.41) is 9.26. The van der Waals surface area contributed by atoms with Crippen LogP contribution in [0.4, 0.5) is 5.69 Å². The number of nitrogens with two attached hydrogens (primary N) is 1. The van der Waals surface area contributed by atoms with E-state index in [0.717, 1.165) is 32.7 Å². The van der Waals surface area contributed by atoms with Gasteiger partial charge in [-0.1, -0.05) is 0 Å². The van der Waals surface area contributed by atoms with E-state index in [0.29, 0.717) is 11.8 Å². The molecule has 0 radical (unpaired) electrons. The Morgan fingerprint density at radius 3 is 2.29 bits per heavy atom. The van der Waals surface area contributed by atoms with Crippen LogP contribution in [0, 0.1) is 0 Å². The van der Waals surface area contributed by atoms with E-state index >= 15 is 0 Å². The molecule has 4 nitrogen and oxygen atoms in total. The van der Waals surface area contributed by atoms with Crippen LogP contribution in [0.25, 0.3) is 0 Å².